The van der Waals surface area contributed by atoms with Gasteiger partial charge in [0.1, 0.15) is 0 Å². The Labute approximate surface area is 89.1 Å². The zero-order valence-electron chi connectivity index (χ0n) is 9.03. The molecule has 1 aromatic heterocycles. The molecule has 80 valence electrons. The molecule has 0 unspecified atom stereocenters. The second-order valence-electron chi connectivity index (χ2n) is 4.57. The molecule has 1 fully saturated rings. The minimum absolute atomic E-state index is 0.0223. The lowest BCUT2D eigenvalue weighted by atomic mass is 9.93. The summed E-state index contributed by atoms with van der Waals surface area (Å²) in [7, 11) is 0. The van der Waals surface area contributed by atoms with E-state index >= 15 is 0 Å². The van der Waals surface area contributed by atoms with Gasteiger partial charge < -0.3 is 10.6 Å². The molecule has 0 aromatic carbocycles. The number of aryl methyl sites for hydroxylation is 1. The Hall–Kier alpha value is -1.42. The number of amides is 1. The van der Waals surface area contributed by atoms with Crippen molar-refractivity contribution < 1.29 is 4.79 Å². The second-order valence-corrected chi connectivity index (χ2v) is 4.57. The summed E-state index contributed by atoms with van der Waals surface area (Å²) in [5, 5.41) is 0. The van der Waals surface area contributed by atoms with Crippen molar-refractivity contribution >= 4 is 5.91 Å². The Morgan fingerprint density at radius 1 is 1.53 bits per heavy atom. The smallest absolute Gasteiger partial charge is 0.255 e. The van der Waals surface area contributed by atoms with Crippen LogP contribution in [0.3, 0.4) is 0 Å². The second kappa shape index (κ2) is 3.31. The normalized spacial score (nSPS) is 18.5. The lowest BCUT2D eigenvalue weighted by molar-refractivity contribution is 0.0453. The molecule has 0 spiro atoms. The van der Waals surface area contributed by atoms with E-state index in [0.717, 1.165) is 5.56 Å². The molecule has 2 N–H and O–H groups in total. The van der Waals surface area contributed by atoms with Crippen molar-refractivity contribution in [1.29, 1.82) is 0 Å². The number of likely N-dealkylation sites (tertiary alicyclic amines) is 1. The Kier molecular flexibility index (Phi) is 2.23. The molecule has 15 heavy (non-hydrogen) atoms. The van der Waals surface area contributed by atoms with Crippen molar-refractivity contribution in [3.63, 3.8) is 0 Å². The molecule has 0 aliphatic carbocycles. The SMILES string of the molecule is Cc1cncc(C(=O)N2CC(C)(N)C2)c1. The summed E-state index contributed by atoms with van der Waals surface area (Å²) in [6.45, 7) is 5.12. The summed E-state index contributed by atoms with van der Waals surface area (Å²) in [5.74, 6) is 0.0223. The molecule has 4 nitrogen and oxygen atoms in total. The van der Waals surface area contributed by atoms with Gasteiger partial charge in [-0.3, -0.25) is 9.78 Å². The molecule has 1 saturated heterocycles. The quantitative estimate of drug-likeness (QED) is 0.729. The van der Waals surface area contributed by atoms with Crippen molar-refractivity contribution in [2.24, 2.45) is 5.73 Å². The number of aromatic nitrogens is 1. The highest BCUT2D eigenvalue weighted by Gasteiger charge is 2.38. The lowest BCUT2D eigenvalue weighted by Crippen LogP contribution is -2.66. The summed E-state index contributed by atoms with van der Waals surface area (Å²) in [5.41, 5.74) is 7.27. The van der Waals surface area contributed by atoms with Crippen LogP contribution in [0, 0.1) is 6.92 Å². The summed E-state index contributed by atoms with van der Waals surface area (Å²) >= 11 is 0. The van der Waals surface area contributed by atoms with Crippen LogP contribution in [0.5, 0.6) is 0 Å². The molecular formula is C11H15N3O. The first kappa shape index (κ1) is 10.1. The third-order valence-electron chi connectivity index (χ3n) is 2.51. The van der Waals surface area contributed by atoms with Crippen molar-refractivity contribution in [1.82, 2.24) is 9.88 Å². The van der Waals surface area contributed by atoms with E-state index in [1.165, 1.54) is 0 Å². The van der Waals surface area contributed by atoms with Crippen LogP contribution in [0.25, 0.3) is 0 Å². The molecule has 1 amide bonds. The van der Waals surface area contributed by atoms with Crippen LogP contribution in [0.2, 0.25) is 0 Å². The first-order chi connectivity index (χ1) is 6.98. The fourth-order valence-electron chi connectivity index (χ4n) is 1.82. The van der Waals surface area contributed by atoms with Crippen LogP contribution in [-0.2, 0) is 0 Å². The van der Waals surface area contributed by atoms with E-state index in [9.17, 15) is 4.79 Å². The Balaban J connectivity index is 2.10. The maximum atomic E-state index is 11.9. The van der Waals surface area contributed by atoms with Gasteiger partial charge in [-0.25, -0.2) is 0 Å². The molecule has 0 atom stereocenters. The van der Waals surface area contributed by atoms with Gasteiger partial charge in [-0.05, 0) is 25.5 Å². The zero-order valence-corrected chi connectivity index (χ0v) is 9.03. The summed E-state index contributed by atoms with van der Waals surface area (Å²) in [6, 6.07) is 1.85. The summed E-state index contributed by atoms with van der Waals surface area (Å²) < 4.78 is 0. The third-order valence-corrected chi connectivity index (χ3v) is 2.51. The number of nitrogens with zero attached hydrogens (tertiary/aromatic N) is 2. The van der Waals surface area contributed by atoms with E-state index in [0.29, 0.717) is 18.7 Å². The molecule has 0 bridgehead atoms. The summed E-state index contributed by atoms with van der Waals surface area (Å²) in [6.07, 6.45) is 3.33. The van der Waals surface area contributed by atoms with E-state index in [1.807, 2.05) is 19.9 Å². The van der Waals surface area contributed by atoms with E-state index in [4.69, 9.17) is 5.73 Å². The first-order valence-corrected chi connectivity index (χ1v) is 4.98. The highest BCUT2D eigenvalue weighted by Crippen LogP contribution is 2.19. The fraction of sp³-hybridized carbons (Fsp3) is 0.455. The van der Waals surface area contributed by atoms with Crippen LogP contribution in [-0.4, -0.2) is 34.4 Å². The predicted molar refractivity (Wildman–Crippen MR) is 57.5 cm³/mol. The number of rotatable bonds is 1. The number of hydrogen-bond acceptors (Lipinski definition) is 3. The Morgan fingerprint density at radius 2 is 2.20 bits per heavy atom. The summed E-state index contributed by atoms with van der Waals surface area (Å²) in [4.78, 5) is 17.6. The van der Waals surface area contributed by atoms with Crippen LogP contribution in [0.1, 0.15) is 22.8 Å². The Bertz CT molecular complexity index is 393. The van der Waals surface area contributed by atoms with Gasteiger partial charge in [-0.15, -0.1) is 0 Å². The minimum Gasteiger partial charge on any atom is -0.335 e. The van der Waals surface area contributed by atoms with Gasteiger partial charge in [0.25, 0.3) is 5.91 Å². The highest BCUT2D eigenvalue weighted by molar-refractivity contribution is 5.94. The maximum Gasteiger partial charge on any atom is 0.255 e. The van der Waals surface area contributed by atoms with Gasteiger partial charge in [-0.2, -0.15) is 0 Å². The average molecular weight is 205 g/mol. The molecule has 1 aliphatic rings. The molecular weight excluding hydrogens is 190 g/mol. The Morgan fingerprint density at radius 3 is 2.73 bits per heavy atom. The van der Waals surface area contributed by atoms with Gasteiger partial charge >= 0.3 is 0 Å². The van der Waals surface area contributed by atoms with Crippen molar-refractivity contribution in [2.45, 2.75) is 19.4 Å². The molecule has 1 aliphatic heterocycles. The van der Waals surface area contributed by atoms with E-state index in [-0.39, 0.29) is 11.4 Å². The van der Waals surface area contributed by atoms with E-state index in [1.54, 1.807) is 17.3 Å². The number of pyridine rings is 1. The van der Waals surface area contributed by atoms with Gasteiger partial charge in [0.2, 0.25) is 0 Å². The van der Waals surface area contributed by atoms with Crippen LogP contribution in [0.15, 0.2) is 18.5 Å². The molecule has 0 saturated carbocycles. The standard InChI is InChI=1S/C11H15N3O/c1-8-3-9(5-13-4-8)10(15)14-6-11(2,12)7-14/h3-5H,6-7,12H2,1-2H3. The molecule has 2 heterocycles. The van der Waals surface area contributed by atoms with Crippen molar-refractivity contribution in [3.8, 4) is 0 Å². The number of hydrogen-bond donors (Lipinski definition) is 1. The topological polar surface area (TPSA) is 59.2 Å². The van der Waals surface area contributed by atoms with E-state index < -0.39 is 0 Å². The van der Waals surface area contributed by atoms with Gasteiger partial charge in [0, 0.05) is 31.0 Å². The lowest BCUT2D eigenvalue weighted by Gasteiger charge is -2.45. The largest absolute Gasteiger partial charge is 0.335 e. The van der Waals surface area contributed by atoms with Crippen molar-refractivity contribution in [3.05, 3.63) is 29.6 Å². The number of carbonyl (C=O) groups excluding carboxylic acids is 1. The van der Waals surface area contributed by atoms with Crippen molar-refractivity contribution in [2.75, 3.05) is 13.1 Å². The van der Waals surface area contributed by atoms with Gasteiger partial charge in [-0.1, -0.05) is 0 Å². The minimum atomic E-state index is -0.215. The number of carbonyl (C=O) groups is 1. The van der Waals surface area contributed by atoms with Crippen LogP contribution in [0.4, 0.5) is 0 Å². The highest BCUT2D eigenvalue weighted by atomic mass is 16.2. The fourth-order valence-corrected chi connectivity index (χ4v) is 1.82. The molecule has 2 rings (SSSR count). The number of nitrogens with two attached hydrogens (primary N) is 1. The maximum absolute atomic E-state index is 11.9. The van der Waals surface area contributed by atoms with Gasteiger partial charge in [0.15, 0.2) is 0 Å². The van der Waals surface area contributed by atoms with Crippen LogP contribution >= 0.6 is 0 Å². The monoisotopic (exact) mass is 205 g/mol. The zero-order chi connectivity index (χ0) is 11.1. The third kappa shape index (κ3) is 1.99. The molecule has 1 aromatic rings. The predicted octanol–water partition coefficient (Wildman–Crippen LogP) is 0.563. The first-order valence-electron chi connectivity index (χ1n) is 4.98. The average Bonchev–Trinajstić information content (AvgIpc) is 2.13. The van der Waals surface area contributed by atoms with E-state index in [2.05, 4.69) is 4.98 Å². The van der Waals surface area contributed by atoms with Crippen LogP contribution < -0.4 is 5.73 Å². The molecule has 0 radical (unpaired) electrons. The van der Waals surface area contributed by atoms with Gasteiger partial charge in [0.05, 0.1) is 5.56 Å². The molecule has 4 heteroatoms.